The molecule has 1 amide bonds. The van der Waals surface area contributed by atoms with Crippen molar-refractivity contribution in [3.8, 4) is 11.5 Å². The van der Waals surface area contributed by atoms with E-state index in [0.29, 0.717) is 6.54 Å². The van der Waals surface area contributed by atoms with Crippen molar-refractivity contribution in [2.24, 2.45) is 0 Å². The van der Waals surface area contributed by atoms with Crippen molar-refractivity contribution in [3.05, 3.63) is 59.7 Å². The number of hydrogen-bond donors (Lipinski definition) is 3. The lowest BCUT2D eigenvalue weighted by Gasteiger charge is -2.30. The molecule has 168 valence electrons. The Morgan fingerprint density at radius 3 is 2.29 bits per heavy atom. The summed E-state index contributed by atoms with van der Waals surface area (Å²) in [4.78, 5) is 15.6. The fourth-order valence-electron chi connectivity index (χ4n) is 4.36. The van der Waals surface area contributed by atoms with Crippen LogP contribution in [0.25, 0.3) is 0 Å². The minimum atomic E-state index is 0.107. The molecule has 2 aromatic carbocycles. The molecule has 0 bridgehead atoms. The third-order valence-corrected chi connectivity index (χ3v) is 6.09. The van der Waals surface area contributed by atoms with Gasteiger partial charge in [-0.2, -0.15) is 0 Å². The zero-order chi connectivity index (χ0) is 22.1. The van der Waals surface area contributed by atoms with Crippen LogP contribution in [0.3, 0.4) is 0 Å². The number of piperazine rings is 1. The zero-order valence-electron chi connectivity index (χ0n) is 19.1. The van der Waals surface area contributed by atoms with Crippen molar-refractivity contribution < 1.29 is 24.1 Å². The van der Waals surface area contributed by atoms with Crippen molar-refractivity contribution in [3.63, 3.8) is 0 Å². The lowest BCUT2D eigenvalue weighted by atomic mass is 10.0. The second-order valence-electron chi connectivity index (χ2n) is 8.36. The number of nitrogens with one attached hydrogen (secondary N) is 3. The summed E-state index contributed by atoms with van der Waals surface area (Å²) >= 11 is 0. The highest BCUT2D eigenvalue weighted by Gasteiger charge is 2.26. The fraction of sp³-hybridized carbons (Fsp3) is 0.480. The molecule has 3 rings (SSSR count). The first-order valence-corrected chi connectivity index (χ1v) is 11.3. The molecule has 0 aliphatic carbocycles. The first-order chi connectivity index (χ1) is 15.1. The van der Waals surface area contributed by atoms with E-state index in [4.69, 9.17) is 9.47 Å². The molecular formula is C25H37N3O3+2. The van der Waals surface area contributed by atoms with E-state index in [-0.39, 0.29) is 11.9 Å². The van der Waals surface area contributed by atoms with E-state index in [1.54, 1.807) is 19.1 Å². The molecule has 1 atom stereocenters. The maximum atomic E-state index is 12.7. The van der Waals surface area contributed by atoms with Gasteiger partial charge in [-0.3, -0.25) is 4.79 Å². The fourth-order valence-corrected chi connectivity index (χ4v) is 4.36. The van der Waals surface area contributed by atoms with Crippen molar-refractivity contribution >= 4 is 5.91 Å². The monoisotopic (exact) mass is 427 g/mol. The maximum Gasteiger partial charge on any atom is 0.275 e. The maximum absolute atomic E-state index is 12.7. The summed E-state index contributed by atoms with van der Waals surface area (Å²) < 4.78 is 10.8. The van der Waals surface area contributed by atoms with Crippen LogP contribution in [0, 0.1) is 0 Å². The molecule has 0 saturated carbocycles. The van der Waals surface area contributed by atoms with Crippen LogP contribution in [0.1, 0.15) is 36.9 Å². The summed E-state index contributed by atoms with van der Waals surface area (Å²) in [5.41, 5.74) is 2.44. The van der Waals surface area contributed by atoms with Gasteiger partial charge in [-0.15, -0.1) is 0 Å². The van der Waals surface area contributed by atoms with Crippen LogP contribution in [0.2, 0.25) is 0 Å². The average Bonchev–Trinajstić information content (AvgIpc) is 2.80. The summed E-state index contributed by atoms with van der Waals surface area (Å²) in [7, 11) is 3.33. The van der Waals surface area contributed by atoms with Crippen LogP contribution in [0.4, 0.5) is 0 Å². The second-order valence-corrected chi connectivity index (χ2v) is 8.36. The van der Waals surface area contributed by atoms with Crippen molar-refractivity contribution in [2.45, 2.75) is 32.4 Å². The Morgan fingerprint density at radius 2 is 1.65 bits per heavy atom. The van der Waals surface area contributed by atoms with Crippen molar-refractivity contribution in [1.29, 1.82) is 0 Å². The second kappa shape index (κ2) is 11.7. The van der Waals surface area contributed by atoms with E-state index in [9.17, 15) is 4.79 Å². The third kappa shape index (κ3) is 6.71. The minimum absolute atomic E-state index is 0.107. The van der Waals surface area contributed by atoms with Crippen LogP contribution in [0.5, 0.6) is 11.5 Å². The van der Waals surface area contributed by atoms with E-state index < -0.39 is 0 Å². The van der Waals surface area contributed by atoms with Gasteiger partial charge in [-0.05, 0) is 30.2 Å². The number of carbonyl (C=O) groups is 1. The summed E-state index contributed by atoms with van der Waals surface area (Å²) in [5.74, 6) is 1.69. The standard InChI is InChI=1S/C25H35N3O3/c1-4-8-22(21-9-6-5-7-10-21)26-25(29)19-28-15-13-27(14-16-28)18-20-11-12-23(30-2)24(17-20)31-3/h5-7,9-12,17,22H,4,8,13-16,18-19H2,1-3H3,(H,26,29)/p+2/t22-/m1/s1. The first-order valence-electron chi connectivity index (χ1n) is 11.3. The number of benzene rings is 2. The topological polar surface area (TPSA) is 56.4 Å². The summed E-state index contributed by atoms with van der Waals surface area (Å²) in [6.07, 6.45) is 2.01. The molecular weight excluding hydrogens is 390 g/mol. The van der Waals surface area contributed by atoms with E-state index in [2.05, 4.69) is 36.5 Å². The Balaban J connectivity index is 1.46. The molecule has 1 aliphatic heterocycles. The van der Waals surface area contributed by atoms with Crippen molar-refractivity contribution in [2.75, 3.05) is 46.9 Å². The number of rotatable bonds is 10. The van der Waals surface area contributed by atoms with Crippen LogP contribution in [-0.4, -0.2) is 52.9 Å². The Hall–Kier alpha value is -2.57. The molecule has 1 heterocycles. The summed E-state index contributed by atoms with van der Waals surface area (Å²) in [6, 6.07) is 16.5. The number of methoxy groups -OCH3 is 2. The highest BCUT2D eigenvalue weighted by molar-refractivity contribution is 5.77. The molecule has 3 N–H and O–H groups in total. The van der Waals surface area contributed by atoms with Gasteiger partial charge in [0.05, 0.1) is 20.3 Å². The SMILES string of the molecule is CCC[C@@H](NC(=O)C[NH+]1CC[NH+](Cc2ccc(OC)c(OC)c2)CC1)c1ccccc1. The molecule has 1 saturated heterocycles. The van der Waals surface area contributed by atoms with Gasteiger partial charge >= 0.3 is 0 Å². The van der Waals surface area contributed by atoms with Crippen LogP contribution in [0.15, 0.2) is 48.5 Å². The Labute approximate surface area is 186 Å². The van der Waals surface area contributed by atoms with Crippen molar-refractivity contribution in [1.82, 2.24) is 5.32 Å². The normalized spacial score (nSPS) is 19.5. The molecule has 1 aliphatic rings. The van der Waals surface area contributed by atoms with Crippen LogP contribution < -0.4 is 24.6 Å². The number of carbonyl (C=O) groups excluding carboxylic acids is 1. The van der Waals surface area contributed by atoms with E-state index >= 15 is 0 Å². The molecule has 0 unspecified atom stereocenters. The third-order valence-electron chi connectivity index (χ3n) is 6.09. The van der Waals surface area contributed by atoms with E-state index in [1.165, 1.54) is 16.0 Å². The Kier molecular flexibility index (Phi) is 8.74. The number of ether oxygens (including phenoxy) is 2. The highest BCUT2D eigenvalue weighted by atomic mass is 16.5. The average molecular weight is 428 g/mol. The number of amides is 1. The lowest BCUT2D eigenvalue weighted by Crippen LogP contribution is -3.28. The van der Waals surface area contributed by atoms with Gasteiger partial charge in [0.15, 0.2) is 18.0 Å². The molecule has 0 spiro atoms. The van der Waals surface area contributed by atoms with Gasteiger partial charge in [-0.25, -0.2) is 0 Å². The van der Waals surface area contributed by atoms with Crippen LogP contribution >= 0.6 is 0 Å². The minimum Gasteiger partial charge on any atom is -0.493 e. The van der Waals surface area contributed by atoms with E-state index in [1.807, 2.05) is 24.3 Å². The molecule has 6 heteroatoms. The van der Waals surface area contributed by atoms with Gasteiger partial charge in [-0.1, -0.05) is 43.7 Å². The highest BCUT2D eigenvalue weighted by Crippen LogP contribution is 2.27. The van der Waals surface area contributed by atoms with Gasteiger partial charge < -0.3 is 24.6 Å². The quantitative estimate of drug-likeness (QED) is 0.522. The Bertz CT molecular complexity index is 820. The predicted molar refractivity (Wildman–Crippen MR) is 122 cm³/mol. The van der Waals surface area contributed by atoms with Gasteiger partial charge in [0.2, 0.25) is 0 Å². The summed E-state index contributed by atoms with van der Waals surface area (Å²) in [6.45, 7) is 7.83. The molecule has 2 aromatic rings. The largest absolute Gasteiger partial charge is 0.493 e. The molecule has 6 nitrogen and oxygen atoms in total. The van der Waals surface area contributed by atoms with Gasteiger partial charge in [0.1, 0.15) is 32.7 Å². The predicted octanol–water partition coefficient (Wildman–Crippen LogP) is 0.645. The number of quaternary nitrogens is 2. The molecule has 0 radical (unpaired) electrons. The molecule has 0 aromatic heterocycles. The Morgan fingerprint density at radius 1 is 0.968 bits per heavy atom. The zero-order valence-corrected chi connectivity index (χ0v) is 19.1. The van der Waals surface area contributed by atoms with E-state index in [0.717, 1.165) is 57.1 Å². The lowest BCUT2D eigenvalue weighted by molar-refractivity contribution is -1.02. The van der Waals surface area contributed by atoms with Gasteiger partial charge in [0, 0.05) is 5.56 Å². The molecule has 31 heavy (non-hydrogen) atoms. The van der Waals surface area contributed by atoms with Crippen LogP contribution in [-0.2, 0) is 11.3 Å². The molecule has 1 fully saturated rings. The number of hydrogen-bond acceptors (Lipinski definition) is 3. The van der Waals surface area contributed by atoms with Gasteiger partial charge in [0.25, 0.3) is 5.91 Å². The summed E-state index contributed by atoms with van der Waals surface area (Å²) in [5, 5.41) is 3.26. The smallest absolute Gasteiger partial charge is 0.275 e. The first kappa shape index (κ1) is 23.1.